The van der Waals surface area contributed by atoms with Gasteiger partial charge < -0.3 is 18.9 Å². The van der Waals surface area contributed by atoms with E-state index in [0.717, 1.165) is 68.3 Å². The van der Waals surface area contributed by atoms with Crippen LogP contribution in [0.4, 0.5) is 0 Å². The largest absolute Gasteiger partial charge is 0.489 e. The number of ether oxygens (including phenoxy) is 4. The van der Waals surface area contributed by atoms with Gasteiger partial charge in [0.2, 0.25) is 0 Å². The summed E-state index contributed by atoms with van der Waals surface area (Å²) in [5.41, 5.74) is 3.38. The van der Waals surface area contributed by atoms with E-state index in [1.807, 2.05) is 0 Å². The molecular weight excluding hydrogens is 400 g/mol. The molecule has 7 rings (SSSR count). The molecule has 4 aliphatic carbocycles. The van der Waals surface area contributed by atoms with Crippen molar-refractivity contribution < 1.29 is 18.9 Å². The molecule has 32 heavy (non-hydrogen) atoms. The molecule has 4 bridgehead atoms. The van der Waals surface area contributed by atoms with Crippen molar-refractivity contribution >= 4 is 0 Å². The summed E-state index contributed by atoms with van der Waals surface area (Å²) in [7, 11) is 0. The van der Waals surface area contributed by atoms with Gasteiger partial charge in [0.1, 0.15) is 12.7 Å². The first-order valence-corrected chi connectivity index (χ1v) is 13.3. The maximum absolute atomic E-state index is 6.62. The maximum Gasteiger partial charge on any atom is 0.164 e. The molecule has 1 aromatic carbocycles. The normalized spacial score (nSPS) is 37.4. The molecule has 0 spiro atoms. The van der Waals surface area contributed by atoms with Gasteiger partial charge in [-0.3, -0.25) is 0 Å². The number of hydrogen-bond donors (Lipinski definition) is 0. The van der Waals surface area contributed by atoms with E-state index in [9.17, 15) is 0 Å². The van der Waals surface area contributed by atoms with Crippen LogP contribution in [-0.4, -0.2) is 38.6 Å². The van der Waals surface area contributed by atoms with Crippen LogP contribution in [0.25, 0.3) is 0 Å². The molecule has 4 heteroatoms. The molecule has 3 atom stereocenters. The Morgan fingerprint density at radius 2 is 1.62 bits per heavy atom. The predicted molar refractivity (Wildman–Crippen MR) is 125 cm³/mol. The Hall–Kier alpha value is -1.26. The summed E-state index contributed by atoms with van der Waals surface area (Å²) in [4.78, 5) is 0. The van der Waals surface area contributed by atoms with Crippen LogP contribution in [0.1, 0.15) is 76.3 Å². The Morgan fingerprint density at radius 1 is 0.969 bits per heavy atom. The van der Waals surface area contributed by atoms with Gasteiger partial charge in [0, 0.05) is 5.56 Å². The molecule has 2 heterocycles. The monoisotopic (exact) mass is 440 g/mol. The molecule has 2 saturated heterocycles. The van der Waals surface area contributed by atoms with Gasteiger partial charge in [-0.2, -0.15) is 0 Å². The van der Waals surface area contributed by atoms with Crippen LogP contribution < -0.4 is 9.47 Å². The highest BCUT2D eigenvalue weighted by Crippen LogP contribution is 2.62. The number of benzene rings is 1. The van der Waals surface area contributed by atoms with E-state index in [0.29, 0.717) is 24.0 Å². The Bertz CT molecular complexity index is 790. The molecule has 0 N–H and O–H groups in total. The van der Waals surface area contributed by atoms with Crippen molar-refractivity contribution in [3.8, 4) is 11.5 Å². The minimum atomic E-state index is 0.253. The van der Waals surface area contributed by atoms with Crippen LogP contribution in [0.15, 0.2) is 12.1 Å². The molecule has 4 saturated carbocycles. The molecule has 0 amide bonds. The molecule has 1 aromatic rings. The average molecular weight is 441 g/mol. The van der Waals surface area contributed by atoms with Crippen LogP contribution in [0.3, 0.4) is 0 Å². The highest BCUT2D eigenvalue weighted by Gasteiger charge is 2.52. The van der Waals surface area contributed by atoms with Gasteiger partial charge in [0.15, 0.2) is 11.5 Å². The zero-order valence-electron chi connectivity index (χ0n) is 19.9. The van der Waals surface area contributed by atoms with Gasteiger partial charge in [0.25, 0.3) is 0 Å². The van der Waals surface area contributed by atoms with Gasteiger partial charge in [-0.05, 0) is 92.1 Å². The van der Waals surface area contributed by atoms with Crippen molar-refractivity contribution in [1.82, 2.24) is 0 Å². The summed E-state index contributed by atoms with van der Waals surface area (Å²) in [5, 5.41) is 0. The van der Waals surface area contributed by atoms with Crippen molar-refractivity contribution in [2.45, 2.75) is 89.3 Å². The number of epoxide rings is 2. The van der Waals surface area contributed by atoms with Crippen molar-refractivity contribution in [3.63, 3.8) is 0 Å². The topological polar surface area (TPSA) is 43.5 Å². The third kappa shape index (κ3) is 4.30. The lowest BCUT2D eigenvalue weighted by atomic mass is 9.47. The molecule has 2 aliphatic heterocycles. The van der Waals surface area contributed by atoms with E-state index in [4.69, 9.17) is 18.9 Å². The van der Waals surface area contributed by atoms with Gasteiger partial charge in [-0.15, -0.1) is 0 Å². The fraction of sp³-hybridized carbons (Fsp3) is 0.786. The lowest BCUT2D eigenvalue weighted by Crippen LogP contribution is -2.49. The molecule has 0 radical (unpaired) electrons. The fourth-order valence-electron chi connectivity index (χ4n) is 7.29. The third-order valence-corrected chi connectivity index (χ3v) is 8.99. The summed E-state index contributed by atoms with van der Waals surface area (Å²) in [6.45, 7) is 7.64. The lowest BCUT2D eigenvalue weighted by molar-refractivity contribution is -0.00577. The average Bonchev–Trinajstić information content (AvgIpc) is 3.68. The van der Waals surface area contributed by atoms with E-state index in [1.54, 1.807) is 5.56 Å². The Morgan fingerprint density at radius 3 is 2.22 bits per heavy atom. The smallest absolute Gasteiger partial charge is 0.164 e. The number of rotatable bonds is 11. The maximum atomic E-state index is 6.62. The highest BCUT2D eigenvalue weighted by molar-refractivity contribution is 5.54. The minimum Gasteiger partial charge on any atom is -0.489 e. The Labute approximate surface area is 193 Å². The van der Waals surface area contributed by atoms with Crippen molar-refractivity contribution in [2.24, 2.45) is 23.7 Å². The standard InChI is InChI=1S/C28H40O4/c1-3-18(2)14-32-27-24(5-4-22-15-29-22)25(6-7-26(27)31-17-23-16-30-23)28-11-19-8-20(12-28)10-21(9-19)13-28/h6-7,18-23H,3-5,8-17H2,1-2H3. The van der Waals surface area contributed by atoms with Crippen molar-refractivity contribution in [1.29, 1.82) is 0 Å². The van der Waals surface area contributed by atoms with E-state index < -0.39 is 0 Å². The van der Waals surface area contributed by atoms with Gasteiger partial charge in [-0.1, -0.05) is 26.3 Å². The predicted octanol–water partition coefficient (Wildman–Crippen LogP) is 5.69. The SMILES string of the molecule is CCC(C)COc1c(OCC2CO2)ccc(C23CC4CC(CC(C4)C2)C3)c1CCC1CO1. The van der Waals surface area contributed by atoms with Crippen LogP contribution >= 0.6 is 0 Å². The summed E-state index contributed by atoms with van der Waals surface area (Å²) in [5.74, 6) is 5.30. The molecule has 6 aliphatic rings. The van der Waals surface area contributed by atoms with Crippen LogP contribution in [-0.2, 0) is 21.3 Å². The zero-order chi connectivity index (χ0) is 21.7. The van der Waals surface area contributed by atoms with E-state index in [-0.39, 0.29) is 6.10 Å². The van der Waals surface area contributed by atoms with Crippen molar-refractivity contribution in [2.75, 3.05) is 26.4 Å². The second-order valence-corrected chi connectivity index (χ2v) is 11.7. The first kappa shape index (κ1) is 21.3. The molecular formula is C28H40O4. The molecule has 0 aromatic heterocycles. The van der Waals surface area contributed by atoms with Gasteiger partial charge >= 0.3 is 0 Å². The van der Waals surface area contributed by atoms with E-state index >= 15 is 0 Å². The molecule has 4 nitrogen and oxygen atoms in total. The summed E-state index contributed by atoms with van der Waals surface area (Å²) in [6, 6.07) is 4.65. The van der Waals surface area contributed by atoms with Gasteiger partial charge in [0.05, 0.1) is 25.9 Å². The first-order valence-electron chi connectivity index (χ1n) is 13.3. The quantitative estimate of drug-likeness (QED) is 0.415. The lowest BCUT2D eigenvalue weighted by Gasteiger charge is -2.57. The van der Waals surface area contributed by atoms with Crippen LogP contribution in [0, 0.1) is 23.7 Å². The number of hydrogen-bond acceptors (Lipinski definition) is 4. The first-order chi connectivity index (χ1) is 15.6. The summed E-state index contributed by atoms with van der Waals surface area (Å²) >= 11 is 0. The fourth-order valence-corrected chi connectivity index (χ4v) is 7.29. The Balaban J connectivity index is 1.37. The van der Waals surface area contributed by atoms with Crippen molar-refractivity contribution in [3.05, 3.63) is 23.3 Å². The van der Waals surface area contributed by atoms with E-state index in [2.05, 4.69) is 26.0 Å². The summed E-state index contributed by atoms with van der Waals surface area (Å²) < 4.78 is 23.9. The molecule has 6 fully saturated rings. The second-order valence-electron chi connectivity index (χ2n) is 11.7. The van der Waals surface area contributed by atoms with Gasteiger partial charge in [-0.25, -0.2) is 0 Å². The minimum absolute atomic E-state index is 0.253. The molecule has 176 valence electrons. The zero-order valence-corrected chi connectivity index (χ0v) is 19.9. The second kappa shape index (κ2) is 8.51. The van der Waals surface area contributed by atoms with Crippen LogP contribution in [0.5, 0.6) is 11.5 Å². The molecule has 3 unspecified atom stereocenters. The van der Waals surface area contributed by atoms with E-state index in [1.165, 1.54) is 44.1 Å². The van der Waals surface area contributed by atoms with Crippen LogP contribution in [0.2, 0.25) is 0 Å². The highest BCUT2D eigenvalue weighted by atomic mass is 16.6. The summed E-state index contributed by atoms with van der Waals surface area (Å²) in [6.07, 6.45) is 12.5. The Kier molecular flexibility index (Phi) is 5.66. The third-order valence-electron chi connectivity index (χ3n) is 8.99.